The molecule has 1 fully saturated rings. The van der Waals surface area contributed by atoms with Crippen molar-refractivity contribution in [2.75, 3.05) is 13.2 Å². The van der Waals surface area contributed by atoms with Gasteiger partial charge in [-0.3, -0.25) is 4.79 Å². The van der Waals surface area contributed by atoms with Gasteiger partial charge < -0.3 is 15.2 Å². The third-order valence-electron chi connectivity index (χ3n) is 3.93. The summed E-state index contributed by atoms with van der Waals surface area (Å²) < 4.78 is 5.84. The lowest BCUT2D eigenvalue weighted by molar-refractivity contribution is -0.126. The van der Waals surface area contributed by atoms with Crippen LogP contribution in [0.1, 0.15) is 52.9 Å². The van der Waals surface area contributed by atoms with E-state index in [0.717, 1.165) is 6.61 Å². The highest BCUT2D eigenvalue weighted by atomic mass is 16.5. The highest BCUT2D eigenvalue weighted by Gasteiger charge is 2.22. The largest absolute Gasteiger partial charge is 0.394 e. The van der Waals surface area contributed by atoms with Gasteiger partial charge in [0.15, 0.2) is 0 Å². The van der Waals surface area contributed by atoms with E-state index >= 15 is 0 Å². The zero-order chi connectivity index (χ0) is 14.3. The number of carbonyl (C=O) groups excluding carboxylic acids is 1. The molecule has 2 atom stereocenters. The van der Waals surface area contributed by atoms with Crippen LogP contribution in [-0.4, -0.2) is 36.4 Å². The summed E-state index contributed by atoms with van der Waals surface area (Å²) in [6.45, 7) is 6.28. The monoisotopic (exact) mass is 271 g/mol. The van der Waals surface area contributed by atoms with Gasteiger partial charge in [-0.15, -0.1) is 0 Å². The lowest BCUT2D eigenvalue weighted by Gasteiger charge is -2.28. The Labute approximate surface area is 116 Å². The topological polar surface area (TPSA) is 58.6 Å². The van der Waals surface area contributed by atoms with E-state index in [2.05, 4.69) is 5.32 Å². The molecule has 0 radical (unpaired) electrons. The van der Waals surface area contributed by atoms with E-state index in [1.54, 1.807) is 0 Å². The molecule has 112 valence electrons. The van der Waals surface area contributed by atoms with Gasteiger partial charge in [0.1, 0.15) is 0 Å². The van der Waals surface area contributed by atoms with Crippen LogP contribution < -0.4 is 5.32 Å². The summed E-state index contributed by atoms with van der Waals surface area (Å²) in [5, 5.41) is 12.2. The van der Waals surface area contributed by atoms with Crippen LogP contribution in [0.15, 0.2) is 0 Å². The number of carbonyl (C=O) groups is 1. The summed E-state index contributed by atoms with van der Waals surface area (Å²) in [5.41, 5.74) is 0. The van der Waals surface area contributed by atoms with Gasteiger partial charge in [0.05, 0.1) is 18.8 Å². The van der Waals surface area contributed by atoms with Crippen molar-refractivity contribution in [2.45, 2.75) is 65.0 Å². The van der Waals surface area contributed by atoms with Gasteiger partial charge >= 0.3 is 0 Å². The Morgan fingerprint density at radius 2 is 1.89 bits per heavy atom. The molecule has 0 aromatic rings. The van der Waals surface area contributed by atoms with E-state index in [1.807, 2.05) is 20.8 Å². The summed E-state index contributed by atoms with van der Waals surface area (Å²) in [4.78, 5) is 11.6. The molecular weight excluding hydrogens is 242 g/mol. The molecular formula is C15H29NO3. The fourth-order valence-electron chi connectivity index (χ4n) is 2.42. The minimum atomic E-state index is -0.307. The molecule has 4 heteroatoms. The number of rotatable bonds is 7. The lowest BCUT2D eigenvalue weighted by atomic mass is 9.90. The van der Waals surface area contributed by atoms with Crippen LogP contribution in [0.4, 0.5) is 0 Å². The van der Waals surface area contributed by atoms with Crippen molar-refractivity contribution < 1.29 is 14.6 Å². The van der Waals surface area contributed by atoms with Crippen LogP contribution in [0.5, 0.6) is 0 Å². The maximum Gasteiger partial charge on any atom is 0.222 e. The maximum atomic E-state index is 11.6. The Morgan fingerprint density at radius 1 is 1.26 bits per heavy atom. The number of nitrogens with one attached hydrogen (secondary N) is 1. The number of hydrogen-bond donors (Lipinski definition) is 2. The van der Waals surface area contributed by atoms with Gasteiger partial charge in [0, 0.05) is 12.5 Å². The molecule has 1 saturated carbocycles. The molecule has 0 aromatic carbocycles. The quantitative estimate of drug-likeness (QED) is 0.745. The molecule has 0 saturated heterocycles. The molecule has 2 N–H and O–H groups in total. The Morgan fingerprint density at radius 3 is 2.42 bits per heavy atom. The summed E-state index contributed by atoms with van der Waals surface area (Å²) in [6, 6.07) is -0.307. The highest BCUT2D eigenvalue weighted by molar-refractivity contribution is 5.78. The Hall–Kier alpha value is -0.610. The van der Waals surface area contributed by atoms with E-state index in [-0.39, 0.29) is 30.6 Å². The van der Waals surface area contributed by atoms with Gasteiger partial charge in [-0.25, -0.2) is 0 Å². The van der Waals surface area contributed by atoms with Gasteiger partial charge in [-0.1, -0.05) is 33.1 Å². The molecule has 19 heavy (non-hydrogen) atoms. The van der Waals surface area contributed by atoms with Crippen LogP contribution in [0.25, 0.3) is 0 Å². The first-order valence-electron chi connectivity index (χ1n) is 7.57. The summed E-state index contributed by atoms with van der Waals surface area (Å²) in [6.07, 6.45) is 6.29. The van der Waals surface area contributed by atoms with Crippen LogP contribution in [0.3, 0.4) is 0 Å². The van der Waals surface area contributed by atoms with Crippen LogP contribution in [-0.2, 0) is 9.53 Å². The number of hydrogen-bond acceptors (Lipinski definition) is 3. The van der Waals surface area contributed by atoms with E-state index in [4.69, 9.17) is 4.74 Å². The minimum absolute atomic E-state index is 0.0350. The first kappa shape index (κ1) is 16.4. The SMILES string of the molecule is CC(C)C(=O)NC(CO)C(C)OCC1CCCCC1. The molecule has 0 heterocycles. The normalized spacial score (nSPS) is 20.3. The van der Waals surface area contributed by atoms with Gasteiger partial charge in [-0.2, -0.15) is 0 Å². The highest BCUT2D eigenvalue weighted by Crippen LogP contribution is 2.24. The summed E-state index contributed by atoms with van der Waals surface area (Å²) in [5.74, 6) is 0.545. The Bertz CT molecular complexity index is 262. The molecule has 0 aromatic heterocycles. The van der Waals surface area contributed by atoms with E-state index in [9.17, 15) is 9.90 Å². The molecule has 2 unspecified atom stereocenters. The van der Waals surface area contributed by atoms with Crippen LogP contribution >= 0.6 is 0 Å². The first-order chi connectivity index (χ1) is 9.04. The first-order valence-corrected chi connectivity index (χ1v) is 7.57. The van der Waals surface area contributed by atoms with Crippen molar-refractivity contribution in [2.24, 2.45) is 11.8 Å². The van der Waals surface area contributed by atoms with Gasteiger partial charge in [0.2, 0.25) is 5.91 Å². The maximum absolute atomic E-state index is 11.6. The van der Waals surface area contributed by atoms with E-state index in [1.165, 1.54) is 32.1 Å². The number of aliphatic hydroxyl groups is 1. The van der Waals surface area contributed by atoms with Crippen LogP contribution in [0.2, 0.25) is 0 Å². The van der Waals surface area contributed by atoms with E-state index < -0.39 is 0 Å². The van der Waals surface area contributed by atoms with Crippen LogP contribution in [0, 0.1) is 11.8 Å². The second kappa shape index (κ2) is 8.54. The minimum Gasteiger partial charge on any atom is -0.394 e. The van der Waals surface area contributed by atoms with Gasteiger partial charge in [-0.05, 0) is 25.7 Å². The lowest BCUT2D eigenvalue weighted by Crippen LogP contribution is -2.47. The average Bonchev–Trinajstić information content (AvgIpc) is 2.42. The molecule has 1 aliphatic rings. The summed E-state index contributed by atoms with van der Waals surface area (Å²) in [7, 11) is 0. The van der Waals surface area contributed by atoms with E-state index in [0.29, 0.717) is 5.92 Å². The zero-order valence-corrected chi connectivity index (χ0v) is 12.5. The molecule has 1 aliphatic carbocycles. The van der Waals surface area contributed by atoms with Crippen molar-refractivity contribution in [3.63, 3.8) is 0 Å². The van der Waals surface area contributed by atoms with Crippen molar-refractivity contribution in [1.29, 1.82) is 0 Å². The fourth-order valence-corrected chi connectivity index (χ4v) is 2.42. The fraction of sp³-hybridized carbons (Fsp3) is 0.933. The molecule has 4 nitrogen and oxygen atoms in total. The number of aliphatic hydroxyl groups excluding tert-OH is 1. The standard InChI is InChI=1S/C15H29NO3/c1-11(2)15(18)16-14(9-17)12(3)19-10-13-7-5-4-6-8-13/h11-14,17H,4-10H2,1-3H3,(H,16,18). The molecule has 0 bridgehead atoms. The van der Waals surface area contributed by atoms with Crippen molar-refractivity contribution in [1.82, 2.24) is 5.32 Å². The van der Waals surface area contributed by atoms with Gasteiger partial charge in [0.25, 0.3) is 0 Å². The predicted molar refractivity (Wildman–Crippen MR) is 75.8 cm³/mol. The Kier molecular flexibility index (Phi) is 7.39. The zero-order valence-electron chi connectivity index (χ0n) is 12.5. The Balaban J connectivity index is 2.31. The third-order valence-corrected chi connectivity index (χ3v) is 3.93. The second-order valence-corrected chi connectivity index (χ2v) is 5.99. The smallest absolute Gasteiger partial charge is 0.222 e. The molecule has 1 amide bonds. The second-order valence-electron chi connectivity index (χ2n) is 5.99. The molecule has 0 aliphatic heterocycles. The average molecular weight is 271 g/mol. The molecule has 0 spiro atoms. The van der Waals surface area contributed by atoms with Crippen molar-refractivity contribution in [3.05, 3.63) is 0 Å². The number of ether oxygens (including phenoxy) is 1. The summed E-state index contributed by atoms with van der Waals surface area (Å²) >= 11 is 0. The number of amides is 1. The third kappa shape index (κ3) is 5.91. The predicted octanol–water partition coefficient (Wildman–Crippen LogP) is 2.10. The van der Waals surface area contributed by atoms with Crippen molar-refractivity contribution >= 4 is 5.91 Å². The van der Waals surface area contributed by atoms with Crippen molar-refractivity contribution in [3.8, 4) is 0 Å². The molecule has 1 rings (SSSR count).